The zero-order valence-corrected chi connectivity index (χ0v) is 10.7. The number of Topliss-reactive ketones (excluding diaryl/α,β-unsaturated/α-hetero) is 1. The van der Waals surface area contributed by atoms with Crippen molar-refractivity contribution in [3.8, 4) is 0 Å². The van der Waals surface area contributed by atoms with Gasteiger partial charge in [0.2, 0.25) is 0 Å². The van der Waals surface area contributed by atoms with Crippen LogP contribution in [-0.4, -0.2) is 29.7 Å². The highest BCUT2D eigenvalue weighted by Gasteiger charge is 2.31. The minimum atomic E-state index is -0.866. The molecule has 1 aliphatic rings. The van der Waals surface area contributed by atoms with E-state index in [1.807, 2.05) is 6.92 Å². The molecule has 2 rings (SSSR count). The summed E-state index contributed by atoms with van der Waals surface area (Å²) in [6, 6.07) is 3.33. The standard InChI is InChI=1S/C14H15F2NO2/c1-2-9-8-17(7-6-12(9)18)14(19)13-10(15)4-3-5-11(13)16/h3-5,9H,2,6-8H2,1H3. The molecule has 0 spiro atoms. The van der Waals surface area contributed by atoms with Gasteiger partial charge in [-0.3, -0.25) is 9.59 Å². The van der Waals surface area contributed by atoms with Gasteiger partial charge >= 0.3 is 0 Å². The Bertz CT molecular complexity index is 496. The van der Waals surface area contributed by atoms with Crippen molar-refractivity contribution < 1.29 is 18.4 Å². The molecule has 19 heavy (non-hydrogen) atoms. The first-order valence-corrected chi connectivity index (χ1v) is 6.30. The molecular formula is C14H15F2NO2. The van der Waals surface area contributed by atoms with Crippen molar-refractivity contribution in [3.05, 3.63) is 35.4 Å². The van der Waals surface area contributed by atoms with Crippen LogP contribution in [0.5, 0.6) is 0 Å². The molecule has 1 fully saturated rings. The smallest absolute Gasteiger partial charge is 0.259 e. The second-order valence-electron chi connectivity index (χ2n) is 4.67. The van der Waals surface area contributed by atoms with Crippen LogP contribution in [0.1, 0.15) is 30.1 Å². The zero-order valence-electron chi connectivity index (χ0n) is 10.7. The summed E-state index contributed by atoms with van der Waals surface area (Å²) in [6.07, 6.45) is 0.878. The minimum absolute atomic E-state index is 0.112. The van der Waals surface area contributed by atoms with Gasteiger partial charge in [-0.1, -0.05) is 13.0 Å². The average Bonchev–Trinajstić information content (AvgIpc) is 2.39. The van der Waals surface area contributed by atoms with E-state index in [1.165, 1.54) is 11.0 Å². The van der Waals surface area contributed by atoms with Crippen LogP contribution < -0.4 is 0 Å². The van der Waals surface area contributed by atoms with Crippen molar-refractivity contribution in [2.45, 2.75) is 19.8 Å². The monoisotopic (exact) mass is 267 g/mol. The molecule has 1 unspecified atom stereocenters. The van der Waals surface area contributed by atoms with Crippen molar-refractivity contribution in [3.63, 3.8) is 0 Å². The fourth-order valence-corrected chi connectivity index (χ4v) is 2.31. The predicted molar refractivity (Wildman–Crippen MR) is 65.7 cm³/mol. The lowest BCUT2D eigenvalue weighted by atomic mass is 9.93. The molecule has 1 atom stereocenters. The summed E-state index contributed by atoms with van der Waals surface area (Å²) in [5.41, 5.74) is -0.535. The van der Waals surface area contributed by atoms with E-state index in [0.29, 0.717) is 6.42 Å². The highest BCUT2D eigenvalue weighted by Crippen LogP contribution is 2.21. The van der Waals surface area contributed by atoms with E-state index in [1.54, 1.807) is 0 Å². The molecule has 0 bridgehead atoms. The molecule has 0 N–H and O–H groups in total. The van der Waals surface area contributed by atoms with Crippen LogP contribution in [-0.2, 0) is 4.79 Å². The molecule has 0 saturated carbocycles. The number of ketones is 1. The third-order valence-corrected chi connectivity index (χ3v) is 3.48. The number of likely N-dealkylation sites (tertiary alicyclic amines) is 1. The van der Waals surface area contributed by atoms with Crippen LogP contribution in [0.3, 0.4) is 0 Å². The van der Waals surface area contributed by atoms with Gasteiger partial charge in [0.1, 0.15) is 23.0 Å². The van der Waals surface area contributed by atoms with Gasteiger partial charge in [0.15, 0.2) is 0 Å². The molecule has 3 nitrogen and oxygen atoms in total. The third-order valence-electron chi connectivity index (χ3n) is 3.48. The predicted octanol–water partition coefficient (Wildman–Crippen LogP) is 2.41. The Labute approximate surface area is 110 Å². The number of hydrogen-bond acceptors (Lipinski definition) is 2. The lowest BCUT2D eigenvalue weighted by Crippen LogP contribution is -2.44. The summed E-state index contributed by atoms with van der Waals surface area (Å²) in [7, 11) is 0. The molecule has 0 radical (unpaired) electrons. The second-order valence-corrected chi connectivity index (χ2v) is 4.67. The van der Waals surface area contributed by atoms with Crippen molar-refractivity contribution in [1.82, 2.24) is 4.90 Å². The second kappa shape index (κ2) is 5.47. The lowest BCUT2D eigenvalue weighted by Gasteiger charge is -2.31. The highest BCUT2D eigenvalue weighted by atomic mass is 19.1. The third kappa shape index (κ3) is 2.64. The number of nitrogens with zero attached hydrogens (tertiary/aromatic N) is 1. The largest absolute Gasteiger partial charge is 0.337 e. The maximum absolute atomic E-state index is 13.6. The molecular weight excluding hydrogens is 252 g/mol. The van der Waals surface area contributed by atoms with Crippen LogP contribution in [0.25, 0.3) is 0 Å². The quantitative estimate of drug-likeness (QED) is 0.825. The van der Waals surface area contributed by atoms with Gasteiger partial charge in [0.05, 0.1) is 0 Å². The van der Waals surface area contributed by atoms with Gasteiger partial charge in [-0.2, -0.15) is 0 Å². The Kier molecular flexibility index (Phi) is 3.93. The fourth-order valence-electron chi connectivity index (χ4n) is 2.31. The normalized spacial score (nSPS) is 19.6. The maximum Gasteiger partial charge on any atom is 0.259 e. The SMILES string of the molecule is CCC1CN(C(=O)c2c(F)cccc2F)CCC1=O. The Morgan fingerprint density at radius 2 is 2.00 bits per heavy atom. The summed E-state index contributed by atoms with van der Waals surface area (Å²) in [4.78, 5) is 25.1. The van der Waals surface area contributed by atoms with Crippen LogP contribution in [0.4, 0.5) is 8.78 Å². The molecule has 1 heterocycles. The number of piperidine rings is 1. The number of amides is 1. The number of hydrogen-bond donors (Lipinski definition) is 0. The van der Waals surface area contributed by atoms with E-state index in [4.69, 9.17) is 0 Å². The molecule has 102 valence electrons. The summed E-state index contributed by atoms with van der Waals surface area (Å²) < 4.78 is 27.1. The van der Waals surface area contributed by atoms with Crippen LogP contribution >= 0.6 is 0 Å². The van der Waals surface area contributed by atoms with Crippen molar-refractivity contribution in [2.24, 2.45) is 5.92 Å². The number of rotatable bonds is 2. The van der Waals surface area contributed by atoms with Gasteiger partial charge < -0.3 is 4.90 Å². The fraction of sp³-hybridized carbons (Fsp3) is 0.429. The van der Waals surface area contributed by atoms with Crippen LogP contribution in [0.2, 0.25) is 0 Å². The average molecular weight is 267 g/mol. The van der Waals surface area contributed by atoms with E-state index in [9.17, 15) is 18.4 Å². The number of benzene rings is 1. The van der Waals surface area contributed by atoms with Crippen molar-refractivity contribution >= 4 is 11.7 Å². The van der Waals surface area contributed by atoms with Crippen molar-refractivity contribution in [1.29, 1.82) is 0 Å². The maximum atomic E-state index is 13.6. The van der Waals surface area contributed by atoms with Gasteiger partial charge in [-0.05, 0) is 18.6 Å². The molecule has 1 aromatic rings. The summed E-state index contributed by atoms with van der Waals surface area (Å²) in [5.74, 6) is -2.53. The first kappa shape index (κ1) is 13.6. The van der Waals surface area contributed by atoms with Gasteiger partial charge in [-0.15, -0.1) is 0 Å². The minimum Gasteiger partial charge on any atom is -0.337 e. The van der Waals surface area contributed by atoms with E-state index < -0.39 is 23.1 Å². The summed E-state index contributed by atoms with van der Waals surface area (Å²) in [6.45, 7) is 2.32. The first-order chi connectivity index (χ1) is 9.04. The number of carbonyl (C=O) groups is 2. The summed E-state index contributed by atoms with van der Waals surface area (Å²) >= 11 is 0. The first-order valence-electron chi connectivity index (χ1n) is 6.30. The van der Waals surface area contributed by atoms with Gasteiger partial charge in [0, 0.05) is 25.4 Å². The number of halogens is 2. The Hall–Kier alpha value is -1.78. The summed E-state index contributed by atoms with van der Waals surface area (Å²) in [5, 5.41) is 0. The van der Waals surface area contributed by atoms with E-state index >= 15 is 0 Å². The Morgan fingerprint density at radius 1 is 1.37 bits per heavy atom. The Morgan fingerprint density at radius 3 is 2.58 bits per heavy atom. The highest BCUT2D eigenvalue weighted by molar-refractivity contribution is 5.96. The van der Waals surface area contributed by atoms with Crippen LogP contribution in [0.15, 0.2) is 18.2 Å². The van der Waals surface area contributed by atoms with E-state index in [0.717, 1.165) is 12.1 Å². The van der Waals surface area contributed by atoms with E-state index in [2.05, 4.69) is 0 Å². The van der Waals surface area contributed by atoms with Crippen molar-refractivity contribution in [2.75, 3.05) is 13.1 Å². The molecule has 1 aliphatic heterocycles. The zero-order chi connectivity index (χ0) is 14.0. The molecule has 1 aromatic carbocycles. The Balaban J connectivity index is 2.23. The van der Waals surface area contributed by atoms with Crippen LogP contribution in [0, 0.1) is 17.6 Å². The topological polar surface area (TPSA) is 37.4 Å². The molecule has 5 heteroatoms. The molecule has 0 aliphatic carbocycles. The van der Waals surface area contributed by atoms with Gasteiger partial charge in [-0.25, -0.2) is 8.78 Å². The van der Waals surface area contributed by atoms with Gasteiger partial charge in [0.25, 0.3) is 5.91 Å². The molecule has 1 amide bonds. The molecule has 0 aromatic heterocycles. The number of carbonyl (C=O) groups excluding carboxylic acids is 2. The van der Waals surface area contributed by atoms with E-state index in [-0.39, 0.29) is 31.2 Å². The molecule has 1 saturated heterocycles. The lowest BCUT2D eigenvalue weighted by molar-refractivity contribution is -0.125.